The van der Waals surface area contributed by atoms with E-state index in [1.54, 1.807) is 11.6 Å². The molecule has 0 spiro atoms. The van der Waals surface area contributed by atoms with E-state index < -0.39 is 0 Å². The van der Waals surface area contributed by atoms with Gasteiger partial charge in [-0.25, -0.2) is 4.39 Å². The molecule has 0 aromatic carbocycles. The van der Waals surface area contributed by atoms with Gasteiger partial charge >= 0.3 is 0 Å². The fourth-order valence-corrected chi connectivity index (χ4v) is 1.31. The molecule has 0 aliphatic rings. The Kier molecular flexibility index (Phi) is 2.46. The maximum absolute atomic E-state index is 13.6. The van der Waals surface area contributed by atoms with Crippen molar-refractivity contribution in [2.75, 3.05) is 0 Å². The zero-order valence-electron chi connectivity index (χ0n) is 8.98. The van der Waals surface area contributed by atoms with Gasteiger partial charge in [-0.15, -0.1) is 0 Å². The maximum Gasteiger partial charge on any atom is 0.167 e. The fraction of sp³-hybridized carbons (Fsp3) is 0.700. The third-order valence-corrected chi connectivity index (χ3v) is 2.14. The summed E-state index contributed by atoms with van der Waals surface area (Å²) in [6.07, 6.45) is 0. The molecule has 13 heavy (non-hydrogen) atoms. The van der Waals surface area contributed by atoms with Crippen LogP contribution in [0.2, 0.25) is 0 Å². The third kappa shape index (κ3) is 1.74. The largest absolute Gasteiger partial charge is 0.267 e. The van der Waals surface area contributed by atoms with Crippen LogP contribution in [0, 0.1) is 12.7 Å². The van der Waals surface area contributed by atoms with Gasteiger partial charge in [0.15, 0.2) is 5.82 Å². The molecular formula is C10H17FN2. The van der Waals surface area contributed by atoms with E-state index in [2.05, 4.69) is 5.10 Å². The van der Waals surface area contributed by atoms with Crippen molar-refractivity contribution in [3.63, 3.8) is 0 Å². The van der Waals surface area contributed by atoms with Crippen LogP contribution in [-0.2, 0) is 12.0 Å². The highest BCUT2D eigenvalue weighted by Gasteiger charge is 2.24. The molecule has 1 aromatic heterocycles. The molecule has 0 saturated heterocycles. The highest BCUT2D eigenvalue weighted by atomic mass is 19.1. The average Bonchev–Trinajstić information content (AvgIpc) is 2.28. The molecule has 1 aromatic rings. The van der Waals surface area contributed by atoms with Crippen LogP contribution in [0.4, 0.5) is 4.39 Å². The molecule has 0 amide bonds. The molecule has 1 rings (SSSR count). The Morgan fingerprint density at radius 2 is 1.92 bits per heavy atom. The van der Waals surface area contributed by atoms with Gasteiger partial charge < -0.3 is 0 Å². The van der Waals surface area contributed by atoms with E-state index in [1.807, 2.05) is 27.7 Å². The monoisotopic (exact) mass is 184 g/mol. The van der Waals surface area contributed by atoms with Crippen molar-refractivity contribution in [3.8, 4) is 0 Å². The van der Waals surface area contributed by atoms with Crippen LogP contribution in [0.25, 0.3) is 0 Å². The zero-order valence-corrected chi connectivity index (χ0v) is 8.98. The number of nitrogens with zero attached hydrogens (tertiary/aromatic N) is 2. The lowest BCUT2D eigenvalue weighted by atomic mass is 9.92. The lowest BCUT2D eigenvalue weighted by Gasteiger charge is -2.14. The lowest BCUT2D eigenvalue weighted by Crippen LogP contribution is -2.14. The summed E-state index contributed by atoms with van der Waals surface area (Å²) >= 11 is 0. The predicted molar refractivity (Wildman–Crippen MR) is 51.3 cm³/mol. The minimum Gasteiger partial charge on any atom is -0.267 e. The molecule has 1 heterocycles. The molecule has 0 bridgehead atoms. The molecule has 0 saturated carbocycles. The second-order valence-electron chi connectivity index (χ2n) is 4.31. The lowest BCUT2D eigenvalue weighted by molar-refractivity contribution is 0.505. The van der Waals surface area contributed by atoms with Crippen LogP contribution in [-0.4, -0.2) is 9.78 Å². The second-order valence-corrected chi connectivity index (χ2v) is 4.31. The van der Waals surface area contributed by atoms with Gasteiger partial charge in [-0.05, 0) is 13.8 Å². The standard InChI is InChI=1S/C10H17FN2/c1-6-13-7(2)8(11)9(12-13)10(3,4)5/h6H2,1-5H3. The smallest absolute Gasteiger partial charge is 0.167 e. The van der Waals surface area contributed by atoms with E-state index in [0.29, 0.717) is 11.4 Å². The molecule has 74 valence electrons. The number of hydrogen-bond acceptors (Lipinski definition) is 1. The van der Waals surface area contributed by atoms with Crippen molar-refractivity contribution < 1.29 is 4.39 Å². The van der Waals surface area contributed by atoms with Crippen LogP contribution in [0.5, 0.6) is 0 Å². The minimum absolute atomic E-state index is 0.158. The van der Waals surface area contributed by atoms with Crippen molar-refractivity contribution in [2.24, 2.45) is 0 Å². The Balaban J connectivity index is 3.25. The quantitative estimate of drug-likeness (QED) is 0.656. The first-order chi connectivity index (χ1) is 5.88. The molecule has 3 heteroatoms. The van der Waals surface area contributed by atoms with Crippen LogP contribution in [0.3, 0.4) is 0 Å². The van der Waals surface area contributed by atoms with Gasteiger partial charge in [0, 0.05) is 12.0 Å². The number of aromatic nitrogens is 2. The van der Waals surface area contributed by atoms with Gasteiger partial charge in [0.1, 0.15) is 5.69 Å². The number of halogens is 1. The molecule has 0 fully saturated rings. The molecule has 0 unspecified atom stereocenters. The van der Waals surface area contributed by atoms with Gasteiger partial charge in [-0.2, -0.15) is 5.10 Å². The molecule has 0 N–H and O–H groups in total. The SMILES string of the molecule is CCn1nc(C(C)(C)C)c(F)c1C. The molecule has 0 atom stereocenters. The van der Waals surface area contributed by atoms with Gasteiger partial charge in [-0.1, -0.05) is 20.8 Å². The van der Waals surface area contributed by atoms with Crippen molar-refractivity contribution >= 4 is 0 Å². The van der Waals surface area contributed by atoms with E-state index in [4.69, 9.17) is 0 Å². The Morgan fingerprint density at radius 1 is 1.38 bits per heavy atom. The summed E-state index contributed by atoms with van der Waals surface area (Å²) in [4.78, 5) is 0. The first-order valence-electron chi connectivity index (χ1n) is 4.61. The Hall–Kier alpha value is -0.860. The van der Waals surface area contributed by atoms with Crippen LogP contribution in [0.1, 0.15) is 39.1 Å². The van der Waals surface area contributed by atoms with Crippen LogP contribution >= 0.6 is 0 Å². The van der Waals surface area contributed by atoms with Gasteiger partial charge in [-0.3, -0.25) is 4.68 Å². The summed E-state index contributed by atoms with van der Waals surface area (Å²) in [7, 11) is 0. The molecule has 0 aliphatic carbocycles. The van der Waals surface area contributed by atoms with Crippen LogP contribution < -0.4 is 0 Å². The third-order valence-electron chi connectivity index (χ3n) is 2.14. The molecule has 0 aliphatic heterocycles. The van der Waals surface area contributed by atoms with E-state index in [0.717, 1.165) is 6.54 Å². The summed E-state index contributed by atoms with van der Waals surface area (Å²) in [5.74, 6) is -0.158. The highest BCUT2D eigenvalue weighted by Crippen LogP contribution is 2.25. The first-order valence-corrected chi connectivity index (χ1v) is 4.61. The first kappa shape index (κ1) is 10.2. The summed E-state index contributed by atoms with van der Waals surface area (Å²) < 4.78 is 15.3. The van der Waals surface area contributed by atoms with E-state index >= 15 is 0 Å². The molecule has 2 nitrogen and oxygen atoms in total. The summed E-state index contributed by atoms with van der Waals surface area (Å²) in [5, 5.41) is 4.24. The summed E-state index contributed by atoms with van der Waals surface area (Å²) in [5.41, 5.74) is 0.981. The Labute approximate surface area is 78.8 Å². The van der Waals surface area contributed by atoms with Crippen molar-refractivity contribution in [1.29, 1.82) is 0 Å². The van der Waals surface area contributed by atoms with Gasteiger partial charge in [0.25, 0.3) is 0 Å². The Morgan fingerprint density at radius 3 is 2.15 bits per heavy atom. The molecular weight excluding hydrogens is 167 g/mol. The average molecular weight is 184 g/mol. The van der Waals surface area contributed by atoms with E-state index in [1.165, 1.54) is 0 Å². The summed E-state index contributed by atoms with van der Waals surface area (Å²) in [6, 6.07) is 0. The van der Waals surface area contributed by atoms with Gasteiger partial charge in [0.2, 0.25) is 0 Å². The molecule has 0 radical (unpaired) electrons. The van der Waals surface area contributed by atoms with Crippen molar-refractivity contribution in [3.05, 3.63) is 17.2 Å². The van der Waals surface area contributed by atoms with Crippen molar-refractivity contribution in [2.45, 2.75) is 46.6 Å². The maximum atomic E-state index is 13.6. The summed E-state index contributed by atoms with van der Waals surface area (Å²) in [6.45, 7) is 10.4. The fourth-order valence-electron chi connectivity index (χ4n) is 1.31. The van der Waals surface area contributed by atoms with Gasteiger partial charge in [0.05, 0.1) is 5.69 Å². The zero-order chi connectivity index (χ0) is 10.2. The van der Waals surface area contributed by atoms with E-state index in [-0.39, 0.29) is 11.2 Å². The second kappa shape index (κ2) is 3.13. The van der Waals surface area contributed by atoms with Crippen LogP contribution in [0.15, 0.2) is 0 Å². The topological polar surface area (TPSA) is 17.8 Å². The highest BCUT2D eigenvalue weighted by molar-refractivity contribution is 5.19. The van der Waals surface area contributed by atoms with E-state index in [9.17, 15) is 4.39 Å². The Bertz CT molecular complexity index is 307. The minimum atomic E-state index is -0.213. The predicted octanol–water partition coefficient (Wildman–Crippen LogP) is 2.65. The number of rotatable bonds is 1. The van der Waals surface area contributed by atoms with Crippen molar-refractivity contribution in [1.82, 2.24) is 9.78 Å². The number of aryl methyl sites for hydroxylation is 1. The number of hydrogen-bond donors (Lipinski definition) is 0. The normalized spacial score (nSPS) is 12.2.